The van der Waals surface area contributed by atoms with E-state index >= 15 is 0 Å². The van der Waals surface area contributed by atoms with Gasteiger partial charge in [0, 0.05) is 5.70 Å². The molecule has 2 N–H and O–H groups in total. The van der Waals surface area contributed by atoms with Gasteiger partial charge in [-0.1, -0.05) is 31.7 Å². The van der Waals surface area contributed by atoms with Crippen LogP contribution in [0.2, 0.25) is 0 Å². The fourth-order valence-electron chi connectivity index (χ4n) is 0.712. The molecular formula is C9H15N. The highest BCUT2D eigenvalue weighted by Gasteiger charge is 1.88. The second kappa shape index (κ2) is 4.86. The minimum atomic E-state index is 0.889. The van der Waals surface area contributed by atoms with Crippen LogP contribution in [0.4, 0.5) is 0 Å². The van der Waals surface area contributed by atoms with Gasteiger partial charge in [-0.15, -0.1) is 0 Å². The summed E-state index contributed by atoms with van der Waals surface area (Å²) in [6, 6.07) is 0. The second-order valence-electron chi connectivity index (χ2n) is 2.16. The Morgan fingerprint density at radius 3 is 2.50 bits per heavy atom. The van der Waals surface area contributed by atoms with Crippen molar-refractivity contribution in [1.82, 2.24) is 0 Å². The third-order valence-electron chi connectivity index (χ3n) is 1.32. The molecule has 0 aliphatic heterocycles. The summed E-state index contributed by atoms with van der Waals surface area (Å²) in [5.74, 6) is 0. The Balaban J connectivity index is 4.23. The van der Waals surface area contributed by atoms with E-state index in [2.05, 4.69) is 13.5 Å². The van der Waals surface area contributed by atoms with Crippen molar-refractivity contribution < 1.29 is 0 Å². The van der Waals surface area contributed by atoms with E-state index in [1.54, 1.807) is 6.08 Å². The summed E-state index contributed by atoms with van der Waals surface area (Å²) in [4.78, 5) is 0. The van der Waals surface area contributed by atoms with E-state index < -0.39 is 0 Å². The summed E-state index contributed by atoms with van der Waals surface area (Å²) in [5, 5.41) is 0. The summed E-state index contributed by atoms with van der Waals surface area (Å²) in [7, 11) is 0. The van der Waals surface area contributed by atoms with Crippen LogP contribution in [-0.2, 0) is 0 Å². The predicted molar refractivity (Wildman–Crippen MR) is 46.5 cm³/mol. The largest absolute Gasteiger partial charge is 0.402 e. The molecule has 0 atom stereocenters. The average Bonchev–Trinajstić information content (AvgIpc) is 1.89. The lowest BCUT2D eigenvalue weighted by Crippen LogP contribution is -1.94. The third kappa shape index (κ3) is 3.13. The molecule has 0 saturated heterocycles. The summed E-state index contributed by atoms with van der Waals surface area (Å²) in [5.41, 5.74) is 7.65. The molecule has 0 aromatic heterocycles. The number of hydrogen-bond donors (Lipinski definition) is 1. The van der Waals surface area contributed by atoms with Gasteiger partial charge < -0.3 is 5.73 Å². The molecule has 0 aromatic carbocycles. The van der Waals surface area contributed by atoms with E-state index in [0.717, 1.165) is 12.1 Å². The minimum Gasteiger partial charge on any atom is -0.402 e. The topological polar surface area (TPSA) is 26.0 Å². The fourth-order valence-corrected chi connectivity index (χ4v) is 0.712. The van der Waals surface area contributed by atoms with Crippen LogP contribution in [0.15, 0.2) is 36.1 Å². The van der Waals surface area contributed by atoms with Crippen molar-refractivity contribution in [1.29, 1.82) is 0 Å². The van der Waals surface area contributed by atoms with E-state index in [1.165, 1.54) is 5.57 Å². The van der Waals surface area contributed by atoms with E-state index in [-0.39, 0.29) is 0 Å². The number of hydrogen-bond acceptors (Lipinski definition) is 1. The molecule has 0 aromatic rings. The average molecular weight is 137 g/mol. The Bertz CT molecular complexity index is 160. The highest BCUT2D eigenvalue weighted by atomic mass is 14.6. The van der Waals surface area contributed by atoms with Crippen LogP contribution in [0, 0.1) is 0 Å². The fraction of sp³-hybridized carbons (Fsp3) is 0.333. The van der Waals surface area contributed by atoms with Gasteiger partial charge in [-0.2, -0.15) is 0 Å². The summed E-state index contributed by atoms with van der Waals surface area (Å²) in [6.45, 7) is 7.57. The molecule has 10 heavy (non-hydrogen) atoms. The molecule has 0 radical (unpaired) electrons. The lowest BCUT2D eigenvalue weighted by atomic mass is 10.1. The highest BCUT2D eigenvalue weighted by molar-refractivity contribution is 5.24. The van der Waals surface area contributed by atoms with Gasteiger partial charge in [0.15, 0.2) is 0 Å². The van der Waals surface area contributed by atoms with Gasteiger partial charge in [0.1, 0.15) is 0 Å². The lowest BCUT2D eigenvalue weighted by molar-refractivity contribution is 1.08. The zero-order valence-electron chi connectivity index (χ0n) is 6.72. The molecule has 0 unspecified atom stereocenters. The maximum Gasteiger partial charge on any atom is 0.00813 e. The molecule has 0 aliphatic rings. The van der Waals surface area contributed by atoms with Crippen molar-refractivity contribution >= 4 is 0 Å². The molecule has 0 aliphatic carbocycles. The first kappa shape index (κ1) is 9.02. The van der Waals surface area contributed by atoms with Gasteiger partial charge in [0.2, 0.25) is 0 Å². The van der Waals surface area contributed by atoms with Crippen molar-refractivity contribution in [2.24, 2.45) is 5.73 Å². The molecule has 0 heterocycles. The molecule has 0 bridgehead atoms. The van der Waals surface area contributed by atoms with Crippen molar-refractivity contribution in [3.8, 4) is 0 Å². The van der Waals surface area contributed by atoms with Crippen LogP contribution < -0.4 is 5.73 Å². The zero-order valence-corrected chi connectivity index (χ0v) is 6.72. The Morgan fingerprint density at radius 2 is 2.20 bits per heavy atom. The molecule has 1 heteroatoms. The normalized spacial score (nSPS) is 13.4. The van der Waals surface area contributed by atoms with Crippen molar-refractivity contribution in [3.63, 3.8) is 0 Å². The maximum atomic E-state index is 5.58. The van der Waals surface area contributed by atoms with Crippen LogP contribution in [0.5, 0.6) is 0 Å². The summed E-state index contributed by atoms with van der Waals surface area (Å²) >= 11 is 0. The molecule has 1 nitrogen and oxygen atoms in total. The maximum absolute atomic E-state index is 5.58. The van der Waals surface area contributed by atoms with Crippen molar-refractivity contribution in [2.75, 3.05) is 0 Å². The SMILES string of the molecule is C=C/C=C\C(CC)=C(\C)N. The van der Waals surface area contributed by atoms with Gasteiger partial charge in [-0.3, -0.25) is 0 Å². The minimum absolute atomic E-state index is 0.889. The van der Waals surface area contributed by atoms with Crippen LogP contribution in [0.25, 0.3) is 0 Å². The van der Waals surface area contributed by atoms with Crippen LogP contribution in [0.1, 0.15) is 20.3 Å². The first-order valence-corrected chi connectivity index (χ1v) is 3.46. The monoisotopic (exact) mass is 137 g/mol. The summed E-state index contributed by atoms with van der Waals surface area (Å²) < 4.78 is 0. The van der Waals surface area contributed by atoms with Gasteiger partial charge >= 0.3 is 0 Å². The Hall–Kier alpha value is -0.980. The molecule has 0 rings (SSSR count). The lowest BCUT2D eigenvalue weighted by Gasteiger charge is -1.98. The second-order valence-corrected chi connectivity index (χ2v) is 2.16. The van der Waals surface area contributed by atoms with Crippen molar-refractivity contribution in [3.05, 3.63) is 36.1 Å². The molecule has 0 amide bonds. The zero-order chi connectivity index (χ0) is 7.98. The van der Waals surface area contributed by atoms with Crippen LogP contribution in [-0.4, -0.2) is 0 Å². The molecule has 0 saturated carbocycles. The number of allylic oxidation sites excluding steroid dienone is 5. The molecule has 0 spiro atoms. The van der Waals surface area contributed by atoms with E-state index in [9.17, 15) is 0 Å². The first-order valence-electron chi connectivity index (χ1n) is 3.46. The van der Waals surface area contributed by atoms with Crippen LogP contribution >= 0.6 is 0 Å². The third-order valence-corrected chi connectivity index (χ3v) is 1.32. The van der Waals surface area contributed by atoms with E-state index in [4.69, 9.17) is 5.73 Å². The predicted octanol–water partition coefficient (Wildman–Crippen LogP) is 2.37. The molecule has 56 valence electrons. The van der Waals surface area contributed by atoms with Gasteiger partial charge in [-0.25, -0.2) is 0 Å². The Labute approximate surface area is 62.9 Å². The number of rotatable bonds is 3. The van der Waals surface area contributed by atoms with Gasteiger partial charge in [0.25, 0.3) is 0 Å². The van der Waals surface area contributed by atoms with E-state index in [0.29, 0.717) is 0 Å². The van der Waals surface area contributed by atoms with E-state index in [1.807, 2.05) is 19.1 Å². The van der Waals surface area contributed by atoms with Crippen molar-refractivity contribution in [2.45, 2.75) is 20.3 Å². The summed E-state index contributed by atoms with van der Waals surface area (Å²) in [6.07, 6.45) is 6.61. The highest BCUT2D eigenvalue weighted by Crippen LogP contribution is 2.05. The Kier molecular flexibility index (Phi) is 4.38. The Morgan fingerprint density at radius 1 is 1.60 bits per heavy atom. The van der Waals surface area contributed by atoms with Gasteiger partial charge in [-0.05, 0) is 18.9 Å². The quantitative estimate of drug-likeness (QED) is 0.594. The first-order chi connectivity index (χ1) is 4.72. The molecule has 0 fully saturated rings. The van der Waals surface area contributed by atoms with Gasteiger partial charge in [0.05, 0.1) is 0 Å². The van der Waals surface area contributed by atoms with Crippen LogP contribution in [0.3, 0.4) is 0 Å². The number of nitrogens with two attached hydrogens (primary N) is 1. The molecular weight excluding hydrogens is 122 g/mol. The smallest absolute Gasteiger partial charge is 0.00813 e. The standard InChI is InChI=1S/C9H15N/c1-4-6-7-9(5-2)8(3)10/h4,6-7H,1,5,10H2,2-3H3/b7-6-,9-8-.